The van der Waals surface area contributed by atoms with E-state index in [0.29, 0.717) is 0 Å². The summed E-state index contributed by atoms with van der Waals surface area (Å²) in [5.41, 5.74) is 6.84. The van der Waals surface area contributed by atoms with Crippen LogP contribution in [0.4, 0.5) is 10.5 Å². The summed E-state index contributed by atoms with van der Waals surface area (Å²) >= 11 is 0. The summed E-state index contributed by atoms with van der Waals surface area (Å²) in [6, 6.07) is 18.6. The molecule has 0 aliphatic heterocycles. The largest absolute Gasteiger partial charge is 0.324 e. The highest BCUT2D eigenvalue weighted by Gasteiger charge is 2.27. The Bertz CT molecular complexity index is 965. The van der Waals surface area contributed by atoms with Gasteiger partial charge < -0.3 is 10.2 Å². The van der Waals surface area contributed by atoms with Crippen molar-refractivity contribution in [2.45, 2.75) is 39.3 Å². The molecule has 0 bridgehead atoms. The first-order valence-electron chi connectivity index (χ1n) is 9.70. The summed E-state index contributed by atoms with van der Waals surface area (Å²) < 4.78 is 1.99. The first-order valence-corrected chi connectivity index (χ1v) is 9.70. The summed E-state index contributed by atoms with van der Waals surface area (Å²) in [5.74, 6) is 0. The van der Waals surface area contributed by atoms with E-state index >= 15 is 0 Å². The summed E-state index contributed by atoms with van der Waals surface area (Å²) in [6.07, 6.45) is 1.84. The van der Waals surface area contributed by atoms with Crippen molar-refractivity contribution in [1.29, 1.82) is 0 Å². The Morgan fingerprint density at radius 3 is 2.32 bits per heavy atom. The van der Waals surface area contributed by atoms with Gasteiger partial charge in [0.15, 0.2) is 0 Å². The molecular weight excluding hydrogens is 348 g/mol. The van der Waals surface area contributed by atoms with E-state index < -0.39 is 0 Å². The van der Waals surface area contributed by atoms with Gasteiger partial charge in [0.05, 0.1) is 12.2 Å². The van der Waals surface area contributed by atoms with E-state index in [1.165, 1.54) is 11.1 Å². The quantitative estimate of drug-likeness (QED) is 0.745. The molecule has 1 aliphatic rings. The molecule has 4 rings (SSSR count). The lowest BCUT2D eigenvalue weighted by Crippen LogP contribution is -2.40. The minimum absolute atomic E-state index is 0.0656. The molecule has 1 aromatic heterocycles. The first kappa shape index (κ1) is 18.3. The van der Waals surface area contributed by atoms with Gasteiger partial charge in [0.2, 0.25) is 0 Å². The number of urea groups is 1. The molecule has 0 saturated carbocycles. The molecule has 2 aromatic carbocycles. The van der Waals surface area contributed by atoms with Crippen molar-refractivity contribution in [2.24, 2.45) is 0 Å². The van der Waals surface area contributed by atoms with Crippen molar-refractivity contribution < 1.29 is 4.79 Å². The maximum absolute atomic E-state index is 12.7. The predicted octanol–water partition coefficient (Wildman–Crippen LogP) is 4.18. The standard InChI is InChI=1S/C23H26N4O/c1-16-12-17(2)27(25-16)15-18-8-10-21(11-9-18)24-23(28)26(3)22-13-19-6-4-5-7-20(19)14-22/h4-12,22H,13-15H2,1-3H3,(H,24,28). The number of nitrogens with one attached hydrogen (secondary N) is 1. The normalized spacial score (nSPS) is 13.4. The van der Waals surface area contributed by atoms with Gasteiger partial charge >= 0.3 is 6.03 Å². The van der Waals surface area contributed by atoms with E-state index in [2.05, 4.69) is 47.7 Å². The van der Waals surface area contributed by atoms with Crippen LogP contribution in [-0.4, -0.2) is 33.8 Å². The van der Waals surface area contributed by atoms with E-state index in [1.54, 1.807) is 0 Å². The van der Waals surface area contributed by atoms with E-state index in [0.717, 1.165) is 42.0 Å². The first-order chi connectivity index (χ1) is 13.5. The fraction of sp³-hybridized carbons (Fsp3) is 0.304. The zero-order chi connectivity index (χ0) is 19.7. The van der Waals surface area contributed by atoms with Gasteiger partial charge in [-0.05, 0) is 61.6 Å². The number of fused-ring (bicyclic) bond motifs is 1. The molecule has 3 aromatic rings. The SMILES string of the molecule is Cc1cc(C)n(Cc2ccc(NC(=O)N(C)C3Cc4ccccc4C3)cc2)n1. The van der Waals surface area contributed by atoms with E-state index in [1.807, 2.05) is 47.8 Å². The molecule has 2 amide bonds. The Hall–Kier alpha value is -3.08. The number of amides is 2. The van der Waals surface area contributed by atoms with Gasteiger partial charge in [0, 0.05) is 24.5 Å². The van der Waals surface area contributed by atoms with Gasteiger partial charge in [-0.25, -0.2) is 4.79 Å². The second-order valence-corrected chi connectivity index (χ2v) is 7.65. The van der Waals surface area contributed by atoms with Crippen molar-refractivity contribution >= 4 is 11.7 Å². The number of carbonyl (C=O) groups is 1. The summed E-state index contributed by atoms with van der Waals surface area (Å²) in [6.45, 7) is 4.79. The lowest BCUT2D eigenvalue weighted by molar-refractivity contribution is 0.205. The number of carbonyl (C=O) groups excluding carboxylic acids is 1. The second-order valence-electron chi connectivity index (χ2n) is 7.65. The van der Waals surface area contributed by atoms with E-state index in [-0.39, 0.29) is 12.1 Å². The highest BCUT2D eigenvalue weighted by molar-refractivity contribution is 5.89. The molecule has 1 heterocycles. The van der Waals surface area contributed by atoms with Crippen molar-refractivity contribution in [1.82, 2.24) is 14.7 Å². The molecule has 5 heteroatoms. The van der Waals surface area contributed by atoms with Crippen LogP contribution in [0.25, 0.3) is 0 Å². The van der Waals surface area contributed by atoms with Crippen molar-refractivity contribution in [3.05, 3.63) is 82.7 Å². The summed E-state index contributed by atoms with van der Waals surface area (Å²) in [4.78, 5) is 14.5. The number of nitrogens with zero attached hydrogens (tertiary/aromatic N) is 3. The van der Waals surface area contributed by atoms with Crippen LogP contribution in [-0.2, 0) is 19.4 Å². The van der Waals surface area contributed by atoms with Crippen LogP contribution >= 0.6 is 0 Å². The average molecular weight is 374 g/mol. The summed E-state index contributed by atoms with van der Waals surface area (Å²) in [5, 5.41) is 7.52. The van der Waals surface area contributed by atoms with Crippen LogP contribution in [0.1, 0.15) is 28.1 Å². The number of anilines is 1. The molecular formula is C23H26N4O. The lowest BCUT2D eigenvalue weighted by atomic mass is 10.1. The number of hydrogen-bond acceptors (Lipinski definition) is 2. The molecule has 0 atom stereocenters. The third-order valence-corrected chi connectivity index (χ3v) is 5.54. The fourth-order valence-corrected chi connectivity index (χ4v) is 3.89. The monoisotopic (exact) mass is 374 g/mol. The molecule has 0 saturated heterocycles. The Morgan fingerprint density at radius 2 is 1.75 bits per heavy atom. The molecule has 1 aliphatic carbocycles. The fourth-order valence-electron chi connectivity index (χ4n) is 3.89. The average Bonchev–Trinajstić information content (AvgIpc) is 3.25. The van der Waals surface area contributed by atoms with Crippen molar-refractivity contribution in [3.8, 4) is 0 Å². The zero-order valence-electron chi connectivity index (χ0n) is 16.6. The van der Waals surface area contributed by atoms with E-state index in [4.69, 9.17) is 0 Å². The van der Waals surface area contributed by atoms with Gasteiger partial charge in [-0.1, -0.05) is 36.4 Å². The number of aryl methyl sites for hydroxylation is 2. The number of rotatable bonds is 4. The van der Waals surface area contributed by atoms with Crippen LogP contribution < -0.4 is 5.32 Å². The van der Waals surface area contributed by atoms with Crippen molar-refractivity contribution in [3.63, 3.8) is 0 Å². The van der Waals surface area contributed by atoms with E-state index in [9.17, 15) is 4.79 Å². The molecule has 0 unspecified atom stereocenters. The van der Waals surface area contributed by atoms with Gasteiger partial charge in [-0.15, -0.1) is 0 Å². The number of hydrogen-bond donors (Lipinski definition) is 1. The number of benzene rings is 2. The molecule has 0 radical (unpaired) electrons. The minimum Gasteiger partial charge on any atom is -0.324 e. The van der Waals surface area contributed by atoms with Gasteiger partial charge in [-0.3, -0.25) is 4.68 Å². The smallest absolute Gasteiger partial charge is 0.321 e. The number of aromatic nitrogens is 2. The molecule has 5 nitrogen and oxygen atoms in total. The Morgan fingerprint density at radius 1 is 1.11 bits per heavy atom. The third kappa shape index (κ3) is 3.79. The Kier molecular flexibility index (Phi) is 4.90. The Labute approximate surface area is 166 Å². The van der Waals surface area contributed by atoms with Crippen LogP contribution in [0, 0.1) is 13.8 Å². The van der Waals surface area contributed by atoms with Gasteiger partial charge in [0.1, 0.15) is 0 Å². The highest BCUT2D eigenvalue weighted by atomic mass is 16.2. The van der Waals surface area contributed by atoms with Crippen molar-refractivity contribution in [2.75, 3.05) is 12.4 Å². The van der Waals surface area contributed by atoms with Crippen LogP contribution in [0.15, 0.2) is 54.6 Å². The molecule has 0 fully saturated rings. The van der Waals surface area contributed by atoms with Crippen LogP contribution in [0.2, 0.25) is 0 Å². The van der Waals surface area contributed by atoms with Gasteiger partial charge in [-0.2, -0.15) is 5.10 Å². The molecule has 144 valence electrons. The molecule has 1 N–H and O–H groups in total. The lowest BCUT2D eigenvalue weighted by Gasteiger charge is -2.24. The summed E-state index contributed by atoms with van der Waals surface area (Å²) in [7, 11) is 1.88. The maximum atomic E-state index is 12.7. The maximum Gasteiger partial charge on any atom is 0.321 e. The second kappa shape index (κ2) is 7.50. The minimum atomic E-state index is -0.0656. The molecule has 0 spiro atoms. The van der Waals surface area contributed by atoms with Crippen LogP contribution in [0.5, 0.6) is 0 Å². The predicted molar refractivity (Wildman–Crippen MR) is 112 cm³/mol. The zero-order valence-corrected chi connectivity index (χ0v) is 16.6. The van der Waals surface area contributed by atoms with Crippen LogP contribution in [0.3, 0.4) is 0 Å². The molecule has 28 heavy (non-hydrogen) atoms. The highest BCUT2D eigenvalue weighted by Crippen LogP contribution is 2.25. The number of likely N-dealkylation sites (N-methyl/N-ethyl adjacent to an activating group) is 1. The van der Waals surface area contributed by atoms with Gasteiger partial charge in [0.25, 0.3) is 0 Å². The Balaban J connectivity index is 1.36. The third-order valence-electron chi connectivity index (χ3n) is 5.54. The topological polar surface area (TPSA) is 50.2 Å².